The van der Waals surface area contributed by atoms with Crippen LogP contribution in [0.2, 0.25) is 5.02 Å². The van der Waals surface area contributed by atoms with E-state index in [2.05, 4.69) is 15.6 Å². The number of ether oxygens (including phenoxy) is 1. The zero-order chi connectivity index (χ0) is 25.0. The summed E-state index contributed by atoms with van der Waals surface area (Å²) in [7, 11) is 1.56. The number of nitrogens with one attached hydrogen (secondary N) is 2. The van der Waals surface area contributed by atoms with E-state index in [9.17, 15) is 14.4 Å². The Morgan fingerprint density at radius 2 is 1.86 bits per heavy atom. The Morgan fingerprint density at radius 3 is 2.51 bits per heavy atom. The Bertz CT molecular complexity index is 965. The number of methoxy groups -OCH3 is 1. The molecule has 1 aromatic carbocycles. The molecule has 0 bridgehead atoms. The lowest BCUT2D eigenvalue weighted by Crippen LogP contribution is -2.47. The number of anilines is 1. The minimum atomic E-state index is -0.808. The molecule has 1 aliphatic carbocycles. The van der Waals surface area contributed by atoms with Crippen molar-refractivity contribution in [3.05, 3.63) is 59.2 Å². The zero-order valence-electron chi connectivity index (χ0n) is 20.0. The molecule has 188 valence electrons. The van der Waals surface area contributed by atoms with Crippen molar-refractivity contribution in [3.63, 3.8) is 0 Å². The third kappa shape index (κ3) is 8.33. The van der Waals surface area contributed by atoms with Gasteiger partial charge in [0, 0.05) is 43.8 Å². The first kappa shape index (κ1) is 26.6. The van der Waals surface area contributed by atoms with E-state index in [0.29, 0.717) is 22.8 Å². The summed E-state index contributed by atoms with van der Waals surface area (Å²) >= 11 is 6.07. The van der Waals surface area contributed by atoms with Crippen LogP contribution in [0.25, 0.3) is 0 Å². The monoisotopic (exact) mass is 500 g/mol. The largest absolute Gasteiger partial charge is 0.383 e. The van der Waals surface area contributed by atoms with Gasteiger partial charge in [-0.25, -0.2) is 4.98 Å². The molecule has 2 N–H and O–H groups in total. The number of amides is 3. The molecule has 9 heteroatoms. The molecule has 0 spiro atoms. The molecule has 0 saturated heterocycles. The fourth-order valence-electron chi connectivity index (χ4n) is 4.24. The Labute approximate surface area is 211 Å². The number of benzene rings is 1. The summed E-state index contributed by atoms with van der Waals surface area (Å²) in [4.78, 5) is 44.6. The summed E-state index contributed by atoms with van der Waals surface area (Å²) in [6.45, 7) is 0.535. The molecule has 0 radical (unpaired) electrons. The van der Waals surface area contributed by atoms with E-state index in [-0.39, 0.29) is 49.8 Å². The standard InChI is InChI=1S/C26H33ClN4O4/c1-35-18-17-31(24(33)11-6-10-23(32)30-22-9-4-5-16-28-22)25(19-12-14-20(27)15-13-19)26(34)29-21-7-2-3-8-21/h4-5,9,12-16,21,25H,2-3,6-8,10-11,17-18H2,1H3,(H,29,34)(H,28,30,32). The molecule has 3 rings (SSSR count). The summed E-state index contributed by atoms with van der Waals surface area (Å²) in [5.41, 5.74) is 0.683. The topological polar surface area (TPSA) is 101 Å². The summed E-state index contributed by atoms with van der Waals surface area (Å²) in [6.07, 6.45) is 6.29. The SMILES string of the molecule is COCCN(C(=O)CCCC(=O)Nc1ccccn1)C(C(=O)NC1CCCC1)c1ccc(Cl)cc1. The Morgan fingerprint density at radius 1 is 1.11 bits per heavy atom. The lowest BCUT2D eigenvalue weighted by atomic mass is 10.0. The summed E-state index contributed by atoms with van der Waals surface area (Å²) in [5.74, 6) is -0.170. The summed E-state index contributed by atoms with van der Waals surface area (Å²) in [6, 6.07) is 11.5. The molecule has 0 aliphatic heterocycles. The van der Waals surface area contributed by atoms with Crippen molar-refractivity contribution in [1.29, 1.82) is 0 Å². The second-order valence-corrected chi connectivity index (χ2v) is 9.08. The number of aromatic nitrogens is 1. The molecule has 2 aromatic rings. The van der Waals surface area contributed by atoms with Gasteiger partial charge < -0.3 is 20.3 Å². The van der Waals surface area contributed by atoms with Crippen molar-refractivity contribution in [3.8, 4) is 0 Å². The number of hydrogen-bond donors (Lipinski definition) is 2. The Balaban J connectivity index is 1.69. The molecule has 1 unspecified atom stereocenters. The maximum absolute atomic E-state index is 13.4. The van der Waals surface area contributed by atoms with Gasteiger partial charge in [0.25, 0.3) is 0 Å². The van der Waals surface area contributed by atoms with Gasteiger partial charge in [0.1, 0.15) is 11.9 Å². The van der Waals surface area contributed by atoms with E-state index < -0.39 is 6.04 Å². The highest BCUT2D eigenvalue weighted by Gasteiger charge is 2.32. The van der Waals surface area contributed by atoms with E-state index in [1.54, 1.807) is 60.7 Å². The van der Waals surface area contributed by atoms with Crippen molar-refractivity contribution < 1.29 is 19.1 Å². The van der Waals surface area contributed by atoms with Crippen LogP contribution in [0.4, 0.5) is 5.82 Å². The Hall–Kier alpha value is -2.97. The maximum atomic E-state index is 13.4. The van der Waals surface area contributed by atoms with Crippen molar-refractivity contribution in [1.82, 2.24) is 15.2 Å². The van der Waals surface area contributed by atoms with Gasteiger partial charge >= 0.3 is 0 Å². The third-order valence-corrected chi connectivity index (χ3v) is 6.28. The highest BCUT2D eigenvalue weighted by molar-refractivity contribution is 6.30. The minimum Gasteiger partial charge on any atom is -0.383 e. The number of rotatable bonds is 12. The van der Waals surface area contributed by atoms with Crippen LogP contribution in [0, 0.1) is 0 Å². The molecule has 35 heavy (non-hydrogen) atoms. The highest BCUT2D eigenvalue weighted by Crippen LogP contribution is 2.26. The zero-order valence-corrected chi connectivity index (χ0v) is 20.8. The molecule has 1 heterocycles. The third-order valence-electron chi connectivity index (χ3n) is 6.03. The van der Waals surface area contributed by atoms with Crippen LogP contribution in [0.15, 0.2) is 48.7 Å². The Kier molecular flexibility index (Phi) is 10.5. The van der Waals surface area contributed by atoms with Gasteiger partial charge in [-0.3, -0.25) is 14.4 Å². The maximum Gasteiger partial charge on any atom is 0.247 e. The molecule has 8 nitrogen and oxygen atoms in total. The molecular formula is C26H33ClN4O4. The van der Waals surface area contributed by atoms with Gasteiger partial charge in [0.05, 0.1) is 6.61 Å². The van der Waals surface area contributed by atoms with Crippen LogP contribution in [0.3, 0.4) is 0 Å². The summed E-state index contributed by atoms with van der Waals surface area (Å²) in [5, 5.41) is 6.40. The van der Waals surface area contributed by atoms with Crippen molar-refractivity contribution in [2.45, 2.75) is 57.0 Å². The molecule has 1 atom stereocenters. The normalized spacial score (nSPS) is 14.3. The van der Waals surface area contributed by atoms with Gasteiger partial charge in [-0.1, -0.05) is 42.6 Å². The minimum absolute atomic E-state index is 0.118. The fraction of sp³-hybridized carbons (Fsp3) is 0.462. The van der Waals surface area contributed by atoms with E-state index in [1.165, 1.54) is 0 Å². The van der Waals surface area contributed by atoms with Crippen LogP contribution in [0.5, 0.6) is 0 Å². The van der Waals surface area contributed by atoms with Crippen LogP contribution in [0.1, 0.15) is 56.6 Å². The number of nitrogens with zero attached hydrogens (tertiary/aromatic N) is 2. The lowest BCUT2D eigenvalue weighted by molar-refractivity contribution is -0.142. The van der Waals surface area contributed by atoms with Gasteiger partial charge in [-0.05, 0) is 49.1 Å². The van der Waals surface area contributed by atoms with E-state index in [0.717, 1.165) is 25.7 Å². The average Bonchev–Trinajstić information content (AvgIpc) is 3.36. The quantitative estimate of drug-likeness (QED) is 0.456. The predicted octanol–water partition coefficient (Wildman–Crippen LogP) is 4.12. The van der Waals surface area contributed by atoms with Crippen molar-refractivity contribution >= 4 is 35.1 Å². The molecule has 1 aliphatic rings. The van der Waals surface area contributed by atoms with Gasteiger partial charge in [-0.2, -0.15) is 0 Å². The smallest absolute Gasteiger partial charge is 0.247 e. The first-order valence-electron chi connectivity index (χ1n) is 12.0. The van der Waals surface area contributed by atoms with Crippen molar-refractivity contribution in [2.24, 2.45) is 0 Å². The van der Waals surface area contributed by atoms with Crippen LogP contribution < -0.4 is 10.6 Å². The fourth-order valence-corrected chi connectivity index (χ4v) is 4.37. The number of carbonyl (C=O) groups is 3. The van der Waals surface area contributed by atoms with E-state index in [4.69, 9.17) is 16.3 Å². The highest BCUT2D eigenvalue weighted by atomic mass is 35.5. The molecular weight excluding hydrogens is 468 g/mol. The van der Waals surface area contributed by atoms with Crippen LogP contribution in [-0.4, -0.2) is 53.9 Å². The first-order chi connectivity index (χ1) is 17.0. The second-order valence-electron chi connectivity index (χ2n) is 8.64. The van der Waals surface area contributed by atoms with Crippen molar-refractivity contribution in [2.75, 3.05) is 25.6 Å². The van der Waals surface area contributed by atoms with Crippen LogP contribution >= 0.6 is 11.6 Å². The first-order valence-corrected chi connectivity index (χ1v) is 12.4. The number of halogens is 1. The molecule has 1 fully saturated rings. The van der Waals surface area contributed by atoms with E-state index in [1.807, 2.05) is 0 Å². The lowest BCUT2D eigenvalue weighted by Gasteiger charge is -2.32. The predicted molar refractivity (Wildman–Crippen MR) is 135 cm³/mol. The molecule has 3 amide bonds. The van der Waals surface area contributed by atoms with Gasteiger partial charge in [0.2, 0.25) is 17.7 Å². The summed E-state index contributed by atoms with van der Waals surface area (Å²) < 4.78 is 5.23. The average molecular weight is 501 g/mol. The molecule has 1 aromatic heterocycles. The number of carbonyl (C=O) groups excluding carboxylic acids is 3. The number of hydrogen-bond acceptors (Lipinski definition) is 5. The van der Waals surface area contributed by atoms with Crippen LogP contribution in [-0.2, 0) is 19.1 Å². The van der Waals surface area contributed by atoms with Gasteiger partial charge in [-0.15, -0.1) is 0 Å². The van der Waals surface area contributed by atoms with E-state index >= 15 is 0 Å². The number of pyridine rings is 1. The van der Waals surface area contributed by atoms with Gasteiger partial charge in [0.15, 0.2) is 0 Å². The second kappa shape index (κ2) is 13.8. The molecule has 1 saturated carbocycles.